The summed E-state index contributed by atoms with van der Waals surface area (Å²) in [6, 6.07) is 15.2. The molecule has 2 rings (SSSR count). The Morgan fingerprint density at radius 3 is 1.96 bits per heavy atom. The van der Waals surface area contributed by atoms with E-state index in [2.05, 4.69) is 0 Å². The molecule has 0 aliphatic carbocycles. The van der Waals surface area contributed by atoms with Gasteiger partial charge in [-0.25, -0.2) is 0 Å². The van der Waals surface area contributed by atoms with Gasteiger partial charge in [0.15, 0.2) is 5.78 Å². The van der Waals surface area contributed by atoms with Crippen LogP contribution in [0.3, 0.4) is 0 Å². The molecule has 0 saturated heterocycles. The number of allylic oxidation sites excluding steroid dienone is 4. The lowest BCUT2D eigenvalue weighted by Gasteiger charge is -1.99. The molecule has 0 radical (unpaired) electrons. The maximum atomic E-state index is 11.8. The van der Waals surface area contributed by atoms with Crippen molar-refractivity contribution in [2.75, 3.05) is 14.2 Å². The highest BCUT2D eigenvalue weighted by molar-refractivity contribution is 6.02. The fraction of sp³-hybridized carbons (Fsp3) is 0.0952. The van der Waals surface area contributed by atoms with Crippen LogP contribution in [0.15, 0.2) is 72.8 Å². The van der Waals surface area contributed by atoms with E-state index in [-0.39, 0.29) is 5.78 Å². The summed E-state index contributed by atoms with van der Waals surface area (Å²) >= 11 is 0. The van der Waals surface area contributed by atoms with Crippen molar-refractivity contribution in [3.05, 3.63) is 84.0 Å². The van der Waals surface area contributed by atoms with Crippen LogP contribution < -0.4 is 9.47 Å². The molecule has 0 unspecified atom stereocenters. The summed E-state index contributed by atoms with van der Waals surface area (Å²) in [5, 5.41) is 0. The largest absolute Gasteiger partial charge is 0.497 e. The van der Waals surface area contributed by atoms with Crippen LogP contribution in [0.2, 0.25) is 0 Å². The first-order valence-electron chi connectivity index (χ1n) is 7.56. The summed E-state index contributed by atoms with van der Waals surface area (Å²) < 4.78 is 10.3. The first-order chi connectivity index (χ1) is 11.7. The number of ketones is 1. The molecule has 122 valence electrons. The van der Waals surface area contributed by atoms with Crippen molar-refractivity contribution in [1.82, 2.24) is 0 Å². The maximum Gasteiger partial charge on any atom is 0.178 e. The second kappa shape index (κ2) is 9.16. The average Bonchev–Trinajstić information content (AvgIpc) is 2.64. The number of methoxy groups -OCH3 is 2. The minimum atomic E-state index is -0.0758. The van der Waals surface area contributed by atoms with E-state index in [0.29, 0.717) is 0 Å². The van der Waals surface area contributed by atoms with Crippen LogP contribution in [0.4, 0.5) is 0 Å². The van der Waals surface area contributed by atoms with Crippen LogP contribution in [0.1, 0.15) is 11.1 Å². The van der Waals surface area contributed by atoms with Gasteiger partial charge in [0.1, 0.15) is 11.5 Å². The molecule has 0 aliphatic heterocycles. The zero-order valence-corrected chi connectivity index (χ0v) is 13.8. The molecule has 0 spiro atoms. The van der Waals surface area contributed by atoms with Crippen LogP contribution in [-0.4, -0.2) is 20.0 Å². The van der Waals surface area contributed by atoms with Gasteiger partial charge in [0, 0.05) is 0 Å². The number of hydrogen-bond acceptors (Lipinski definition) is 3. The van der Waals surface area contributed by atoms with E-state index in [4.69, 9.17) is 9.47 Å². The Bertz CT molecular complexity index is 770. The van der Waals surface area contributed by atoms with Gasteiger partial charge in [0.05, 0.1) is 14.2 Å². The number of ether oxygens (including phenoxy) is 2. The van der Waals surface area contributed by atoms with E-state index in [9.17, 15) is 4.79 Å². The fourth-order valence-electron chi connectivity index (χ4n) is 2.04. The third kappa shape index (κ3) is 5.61. The zero-order valence-electron chi connectivity index (χ0n) is 13.8. The number of carbonyl (C=O) groups excluding carboxylic acids is 1. The molecule has 0 N–H and O–H groups in total. The third-order valence-electron chi connectivity index (χ3n) is 3.29. The number of carbonyl (C=O) groups is 1. The molecule has 0 atom stereocenters. The summed E-state index contributed by atoms with van der Waals surface area (Å²) in [5.41, 5.74) is 1.93. The second-order valence-electron chi connectivity index (χ2n) is 5.01. The van der Waals surface area contributed by atoms with Gasteiger partial charge >= 0.3 is 0 Å². The Hall–Kier alpha value is -3.07. The Morgan fingerprint density at radius 1 is 0.792 bits per heavy atom. The highest BCUT2D eigenvalue weighted by atomic mass is 16.5. The standard InChI is InChI=1S/C21H20O3/c1-23-20-11-5-8-17(15-20)7-3-4-10-19(22)14-13-18-9-6-12-21(16-18)24-2/h3-16H,1-2H3/b7-3+,10-4+,14-13+. The molecule has 24 heavy (non-hydrogen) atoms. The van der Waals surface area contributed by atoms with Crippen LogP contribution >= 0.6 is 0 Å². The summed E-state index contributed by atoms with van der Waals surface area (Å²) in [7, 11) is 3.25. The predicted octanol–water partition coefficient (Wildman–Crippen LogP) is 4.56. The molecule has 0 aliphatic rings. The highest BCUT2D eigenvalue weighted by Crippen LogP contribution is 2.14. The number of hydrogen-bond donors (Lipinski definition) is 0. The molecule has 0 aromatic heterocycles. The van der Waals surface area contributed by atoms with Crippen molar-refractivity contribution < 1.29 is 14.3 Å². The van der Waals surface area contributed by atoms with E-state index in [1.165, 1.54) is 12.2 Å². The fourth-order valence-corrected chi connectivity index (χ4v) is 2.04. The average molecular weight is 320 g/mol. The van der Waals surface area contributed by atoms with Gasteiger partial charge in [0.25, 0.3) is 0 Å². The smallest absolute Gasteiger partial charge is 0.178 e. The van der Waals surface area contributed by atoms with Crippen molar-refractivity contribution in [1.29, 1.82) is 0 Å². The monoisotopic (exact) mass is 320 g/mol. The van der Waals surface area contributed by atoms with Crippen molar-refractivity contribution in [3.63, 3.8) is 0 Å². The molecule has 3 heteroatoms. The van der Waals surface area contributed by atoms with Crippen LogP contribution in [-0.2, 0) is 4.79 Å². The van der Waals surface area contributed by atoms with Gasteiger partial charge in [-0.15, -0.1) is 0 Å². The van der Waals surface area contributed by atoms with Crippen LogP contribution in [0.25, 0.3) is 12.2 Å². The Morgan fingerprint density at radius 2 is 1.38 bits per heavy atom. The lowest BCUT2D eigenvalue weighted by Crippen LogP contribution is -1.85. The molecular formula is C21H20O3. The van der Waals surface area contributed by atoms with Gasteiger partial charge in [-0.3, -0.25) is 4.79 Å². The Labute approximate surface area is 142 Å². The highest BCUT2D eigenvalue weighted by Gasteiger charge is 1.93. The van der Waals surface area contributed by atoms with E-state index >= 15 is 0 Å². The predicted molar refractivity (Wildman–Crippen MR) is 98.2 cm³/mol. The molecule has 2 aromatic rings. The molecule has 0 amide bonds. The summed E-state index contributed by atoms with van der Waals surface area (Å²) in [5.74, 6) is 1.49. The van der Waals surface area contributed by atoms with Crippen molar-refractivity contribution in [3.8, 4) is 11.5 Å². The van der Waals surface area contributed by atoms with Gasteiger partial charge in [0.2, 0.25) is 0 Å². The molecule has 0 saturated carbocycles. The number of rotatable bonds is 7. The molecule has 0 fully saturated rings. The number of benzene rings is 2. The summed E-state index contributed by atoms with van der Waals surface area (Å²) in [4.78, 5) is 11.8. The Balaban J connectivity index is 1.92. The Kier molecular flexibility index (Phi) is 6.59. The molecular weight excluding hydrogens is 300 g/mol. The second-order valence-corrected chi connectivity index (χ2v) is 5.01. The topological polar surface area (TPSA) is 35.5 Å². The first kappa shape index (κ1) is 17.3. The van der Waals surface area contributed by atoms with E-state index < -0.39 is 0 Å². The van der Waals surface area contributed by atoms with Gasteiger partial charge in [-0.2, -0.15) is 0 Å². The van der Waals surface area contributed by atoms with Crippen molar-refractivity contribution in [2.45, 2.75) is 0 Å². The minimum absolute atomic E-state index is 0.0758. The van der Waals surface area contributed by atoms with Gasteiger partial charge < -0.3 is 9.47 Å². The first-order valence-corrected chi connectivity index (χ1v) is 7.56. The van der Waals surface area contributed by atoms with E-state index in [0.717, 1.165) is 22.6 Å². The zero-order chi connectivity index (χ0) is 17.2. The normalized spacial score (nSPS) is 11.4. The van der Waals surface area contributed by atoms with Crippen LogP contribution in [0, 0.1) is 0 Å². The van der Waals surface area contributed by atoms with E-state index in [1.807, 2.05) is 60.7 Å². The van der Waals surface area contributed by atoms with Crippen molar-refractivity contribution in [2.24, 2.45) is 0 Å². The molecule has 0 bridgehead atoms. The minimum Gasteiger partial charge on any atom is -0.497 e. The van der Waals surface area contributed by atoms with Gasteiger partial charge in [-0.1, -0.05) is 48.6 Å². The molecule has 2 aromatic carbocycles. The quantitative estimate of drug-likeness (QED) is 0.554. The van der Waals surface area contributed by atoms with E-state index in [1.54, 1.807) is 26.4 Å². The molecule has 3 nitrogen and oxygen atoms in total. The van der Waals surface area contributed by atoms with Crippen molar-refractivity contribution >= 4 is 17.9 Å². The molecule has 0 heterocycles. The lowest BCUT2D eigenvalue weighted by atomic mass is 10.1. The van der Waals surface area contributed by atoms with Crippen LogP contribution in [0.5, 0.6) is 11.5 Å². The maximum absolute atomic E-state index is 11.8. The SMILES string of the molecule is COc1cccc(/C=C/C=C/C(=O)/C=C/c2cccc(OC)c2)c1. The lowest BCUT2D eigenvalue weighted by molar-refractivity contribution is -0.110. The summed E-state index contributed by atoms with van der Waals surface area (Å²) in [6.45, 7) is 0. The van der Waals surface area contributed by atoms with Gasteiger partial charge in [-0.05, 0) is 47.5 Å². The third-order valence-corrected chi connectivity index (χ3v) is 3.29. The summed E-state index contributed by atoms with van der Waals surface area (Å²) in [6.07, 6.45) is 10.3.